The van der Waals surface area contributed by atoms with Crippen LogP contribution < -0.4 is 26.2 Å². The number of aromatic nitrogens is 2. The fourth-order valence-corrected chi connectivity index (χ4v) is 17.7. The molecule has 0 saturated heterocycles. The summed E-state index contributed by atoms with van der Waals surface area (Å²) in [6.07, 6.45) is 15.5. The average molecular weight is 1410 g/mol. The maximum atomic E-state index is 12.1. The van der Waals surface area contributed by atoms with E-state index in [1.807, 2.05) is 65.6 Å². The summed E-state index contributed by atoms with van der Waals surface area (Å²) in [5.41, 5.74) is 6.00. The quantitative estimate of drug-likeness (QED) is 0.100. The van der Waals surface area contributed by atoms with Crippen molar-refractivity contribution < 1.29 is 27.4 Å². The predicted molar refractivity (Wildman–Crippen MR) is 458 cm³/mol. The highest BCUT2D eigenvalue weighted by Crippen LogP contribution is 2.56. The number of para-hydroxylation sites is 2. The first-order valence-electron chi connectivity index (χ1n) is 48.0. The van der Waals surface area contributed by atoms with E-state index in [4.69, 9.17) is 0 Å². The zero-order valence-electron chi connectivity index (χ0n) is 82.0. The van der Waals surface area contributed by atoms with Gasteiger partial charge in [0.15, 0.2) is 0 Å². The molecule has 0 bridgehead atoms. The van der Waals surface area contributed by atoms with Crippen molar-refractivity contribution in [2.24, 2.45) is 23.2 Å². The molecule has 19 rings (SSSR count). The first kappa shape index (κ1) is 48.4. The second-order valence-corrected chi connectivity index (χ2v) is 32.9. The zero-order valence-corrected chi connectivity index (χ0v) is 62.0. The highest BCUT2D eigenvalue weighted by Gasteiger charge is 2.51. The minimum Gasteiger partial charge on any atom is -0.334 e. The molecule has 0 spiro atoms. The maximum Gasteiger partial charge on any atom is 0.252 e. The second kappa shape index (κ2) is 26.0. The van der Waals surface area contributed by atoms with Crippen LogP contribution in [0, 0.1) is 23.2 Å². The Morgan fingerprint density at radius 2 is 0.953 bits per heavy atom. The lowest BCUT2D eigenvalue weighted by molar-refractivity contribution is 0.220. The van der Waals surface area contributed by atoms with E-state index in [0.717, 1.165) is 66.4 Å². The molecule has 0 radical (unpaired) electrons. The maximum absolute atomic E-state index is 12.1. The summed E-state index contributed by atoms with van der Waals surface area (Å²) in [7, 11) is 0. The number of hydrogen-bond acceptors (Lipinski definition) is 2. The highest BCUT2D eigenvalue weighted by atomic mass is 15.2. The van der Waals surface area contributed by atoms with Crippen LogP contribution in [-0.4, -0.2) is 21.9 Å². The molecule has 0 N–H and O–H groups in total. The first-order valence-corrected chi connectivity index (χ1v) is 38.0. The van der Waals surface area contributed by atoms with Crippen molar-refractivity contribution in [3.05, 3.63) is 313 Å². The molecule has 3 aliphatic carbocycles. The lowest BCUT2D eigenvalue weighted by Gasteiger charge is -2.53. The van der Waals surface area contributed by atoms with Gasteiger partial charge in [0.25, 0.3) is 6.71 Å². The van der Waals surface area contributed by atoms with Crippen molar-refractivity contribution >= 4 is 95.1 Å². The van der Waals surface area contributed by atoms with Crippen LogP contribution >= 0.6 is 0 Å². The van der Waals surface area contributed by atoms with E-state index < -0.39 is 144 Å². The van der Waals surface area contributed by atoms with E-state index >= 15 is 0 Å². The Labute approximate surface area is 661 Å². The number of benzene rings is 12. The molecule has 12 aromatic carbocycles. The third-order valence-electron chi connectivity index (χ3n) is 23.3. The van der Waals surface area contributed by atoms with Gasteiger partial charge in [-0.15, -0.1) is 0 Å². The van der Waals surface area contributed by atoms with Gasteiger partial charge in [-0.25, -0.2) is 0 Å². The van der Waals surface area contributed by atoms with E-state index in [1.165, 1.54) is 14.7 Å². The van der Waals surface area contributed by atoms with Gasteiger partial charge >= 0.3 is 0 Å². The van der Waals surface area contributed by atoms with Crippen molar-refractivity contribution in [3.63, 3.8) is 0 Å². The van der Waals surface area contributed by atoms with Gasteiger partial charge < -0.3 is 18.9 Å². The van der Waals surface area contributed by atoms with E-state index in [2.05, 4.69) is 116 Å². The van der Waals surface area contributed by atoms with Crippen LogP contribution in [-0.2, 0) is 10.8 Å². The minimum atomic E-state index is -1.52. The number of allylic oxidation sites excluding steroid dienone is 4. The normalized spacial score (nSPS) is 20.7. The van der Waals surface area contributed by atoms with Crippen LogP contribution in [0.5, 0.6) is 0 Å². The topological polar surface area (TPSA) is 16.3 Å². The van der Waals surface area contributed by atoms with Gasteiger partial charge in [-0.3, -0.25) is 0 Å². The summed E-state index contributed by atoms with van der Waals surface area (Å²) in [6.45, 7) is 18.1. The molecule has 107 heavy (non-hydrogen) atoms. The molecule has 4 heterocycles. The molecule has 5 aliphatic rings. The fourth-order valence-electron chi connectivity index (χ4n) is 17.7. The number of nitrogens with zero attached hydrogens (tertiary/aromatic N) is 4. The third kappa shape index (κ3) is 11.4. The van der Waals surface area contributed by atoms with Gasteiger partial charge in [0.05, 0.1) is 61.2 Å². The standard InChI is InChI=1S/C102H95BN4/c1-100(2,3)74-58-81(68-36-20-12-21-37-68)98(82(59-74)69-38-22-13-23-39-69)106-93-64-77(104-89-46-30-28-44-79(89)80-45-29-31-47-90(80)104)50-52-87(93)103-88-53-51-78(105-91-54-48-72(66-32-16-10-17-33-66)56-85(91)86-57-73(49-55-92(86)105)67-34-18-11-19-35-67)65-94(88)107(96-63-76(102(7,8)9)62-95(106)97(96)103)99-83(70-40-24-14-25-41-70)60-75(101(4,5)6)61-84(99)71-42-26-15-27-43-71/h10-12,14-20,24-35,38,40-58,60-65,68,74,82,98H,13,21-23,36-37,39,59H2,1-9H3/i28D,29D,30D,31D,44D,45D,46D,47D,48D,49D,50D,51D,52D,53D,54D,55D,56D,57D,64D,65D. The van der Waals surface area contributed by atoms with Crippen molar-refractivity contribution in [1.29, 1.82) is 0 Å². The van der Waals surface area contributed by atoms with Crippen LogP contribution in [0.25, 0.3) is 99.5 Å². The van der Waals surface area contributed by atoms with Crippen molar-refractivity contribution in [1.82, 2.24) is 9.13 Å². The number of rotatable bonds is 10. The Bertz CT molecular complexity index is 6930. The van der Waals surface area contributed by atoms with Gasteiger partial charge in [-0.1, -0.05) is 274 Å². The molecule has 0 saturated carbocycles. The van der Waals surface area contributed by atoms with Crippen molar-refractivity contribution in [3.8, 4) is 55.9 Å². The Kier molecular flexibility index (Phi) is 11.7. The second-order valence-electron chi connectivity index (χ2n) is 32.9. The largest absolute Gasteiger partial charge is 0.334 e. The molecule has 526 valence electrons. The molecule has 5 heteroatoms. The van der Waals surface area contributed by atoms with E-state index in [9.17, 15) is 27.4 Å². The van der Waals surface area contributed by atoms with Gasteiger partial charge in [-0.05, 0) is 231 Å². The van der Waals surface area contributed by atoms with Gasteiger partial charge in [0.1, 0.15) is 0 Å². The lowest BCUT2D eigenvalue weighted by Crippen LogP contribution is -2.64. The van der Waals surface area contributed by atoms with E-state index in [-0.39, 0.29) is 112 Å². The molecule has 4 atom stereocenters. The van der Waals surface area contributed by atoms with Crippen LogP contribution in [0.1, 0.15) is 152 Å². The van der Waals surface area contributed by atoms with Crippen molar-refractivity contribution in [2.45, 2.75) is 131 Å². The molecular weight excluding hydrogens is 1290 g/mol. The summed E-state index contributed by atoms with van der Waals surface area (Å²) in [4.78, 5) is 4.25. The van der Waals surface area contributed by atoms with Crippen molar-refractivity contribution in [2.75, 3.05) is 9.80 Å². The Balaban J connectivity index is 1.07. The highest BCUT2D eigenvalue weighted by molar-refractivity contribution is 7.00. The summed E-state index contributed by atoms with van der Waals surface area (Å²) in [5.74, 6) is -0.450. The SMILES string of the molecule is [2H]c1c([2H])c(-n2c3c([2H])c([2H])c(-c4ccccc4)c([2H])c3c3c([2H])c(-c4ccccc4)c([2H])c([2H])c32)c([2H])c2c1B1c3c(cc(C(C)(C)C)cc3N(C3C(C4CC=CCC4)=CC(C(C)(C)C)CC3C3=CCCCC3)c3c([2H])c(-n4c5c([2H])c([2H])c([2H])c([2H])c5c5c([2H])c([2H])c([2H])c([2H])c54)c([2H])c([2H])c31)N2c1c(-c2ccccc2)cc(C(C)(C)C)cc1-c1ccccc1. The number of anilines is 5. The fraction of sp³-hybridized carbons (Fsp3) is 0.235. The molecular formula is C102H95BN4. The smallest absolute Gasteiger partial charge is 0.252 e. The molecule has 2 aromatic heterocycles. The summed E-state index contributed by atoms with van der Waals surface area (Å²) >= 11 is 0. The van der Waals surface area contributed by atoms with Gasteiger partial charge in [-0.2, -0.15) is 0 Å². The van der Waals surface area contributed by atoms with E-state index in [0.29, 0.717) is 57.6 Å². The number of hydrogen-bond donors (Lipinski definition) is 0. The average Bonchev–Trinajstić information content (AvgIpc) is 1.17. The first-order chi connectivity index (χ1) is 60.4. The van der Waals surface area contributed by atoms with Crippen LogP contribution in [0.2, 0.25) is 0 Å². The van der Waals surface area contributed by atoms with E-state index in [1.54, 1.807) is 60.7 Å². The minimum absolute atomic E-state index is 0.00409. The Hall–Kier alpha value is -10.9. The monoisotopic (exact) mass is 1410 g/mol. The molecule has 0 amide bonds. The third-order valence-corrected chi connectivity index (χ3v) is 23.3. The predicted octanol–water partition coefficient (Wildman–Crippen LogP) is 25.7. The Morgan fingerprint density at radius 3 is 1.47 bits per heavy atom. The summed E-state index contributed by atoms with van der Waals surface area (Å²) in [6, 6.07) is 33.9. The molecule has 0 fully saturated rings. The molecule has 4 nitrogen and oxygen atoms in total. The lowest BCUT2D eigenvalue weighted by atomic mass is 9.33. The summed E-state index contributed by atoms with van der Waals surface area (Å²) in [5, 5.41) is -0.720. The molecule has 14 aromatic rings. The molecule has 4 unspecified atom stereocenters. The zero-order chi connectivity index (χ0) is 90.0. The van der Waals surface area contributed by atoms with Crippen LogP contribution in [0.3, 0.4) is 0 Å². The van der Waals surface area contributed by atoms with Crippen LogP contribution in [0.15, 0.2) is 302 Å². The summed E-state index contributed by atoms with van der Waals surface area (Å²) < 4.78 is 211. The van der Waals surface area contributed by atoms with Crippen LogP contribution in [0.4, 0.5) is 28.4 Å². The molecule has 2 aliphatic heterocycles. The Morgan fingerprint density at radius 1 is 0.449 bits per heavy atom. The van der Waals surface area contributed by atoms with Gasteiger partial charge in [0.2, 0.25) is 0 Å². The van der Waals surface area contributed by atoms with Gasteiger partial charge in [0, 0.05) is 72.7 Å². The number of fused-ring (bicyclic) bond motifs is 10.